The highest BCUT2D eigenvalue weighted by molar-refractivity contribution is 5.57. The zero-order valence-corrected chi connectivity index (χ0v) is 15.8. The molecule has 1 aliphatic carbocycles. The molecule has 0 radical (unpaired) electrons. The van der Waals surface area contributed by atoms with Gasteiger partial charge in [-0.2, -0.15) is 23.3 Å². The number of halogens is 3. The van der Waals surface area contributed by atoms with Gasteiger partial charge in [0.25, 0.3) is 0 Å². The number of hydrogen-bond donors (Lipinski definition) is 2. The molecule has 0 spiro atoms. The van der Waals surface area contributed by atoms with E-state index >= 15 is 0 Å². The number of alkyl halides is 3. The Labute approximate surface area is 164 Å². The Kier molecular flexibility index (Phi) is 4.84. The second-order valence-electron chi connectivity index (χ2n) is 6.94. The minimum atomic E-state index is -4.53. The van der Waals surface area contributed by atoms with Crippen molar-refractivity contribution in [1.82, 2.24) is 34.7 Å². The van der Waals surface area contributed by atoms with E-state index in [4.69, 9.17) is 0 Å². The van der Waals surface area contributed by atoms with Gasteiger partial charge < -0.3 is 10.6 Å². The van der Waals surface area contributed by atoms with Crippen molar-refractivity contribution < 1.29 is 13.2 Å². The fourth-order valence-electron chi connectivity index (χ4n) is 3.58. The Hall–Kier alpha value is -3.18. The molecular formula is C17H20F3N9. The molecule has 0 bridgehead atoms. The van der Waals surface area contributed by atoms with Crippen molar-refractivity contribution in [2.24, 2.45) is 0 Å². The molecule has 3 aromatic rings. The first-order valence-electron chi connectivity index (χ1n) is 9.15. The van der Waals surface area contributed by atoms with Crippen molar-refractivity contribution in [3.8, 4) is 0 Å². The van der Waals surface area contributed by atoms with E-state index in [1.165, 1.54) is 7.05 Å². The van der Waals surface area contributed by atoms with E-state index in [9.17, 15) is 13.2 Å². The SMILES string of the molecule is CNc1nc(Nc2cn(C3CCC(n4ccnn4)C3)nc2C)ncc1C(F)(F)F. The summed E-state index contributed by atoms with van der Waals surface area (Å²) in [4.78, 5) is 7.74. The van der Waals surface area contributed by atoms with Crippen LogP contribution in [-0.4, -0.2) is 41.8 Å². The van der Waals surface area contributed by atoms with Gasteiger partial charge in [0.1, 0.15) is 11.4 Å². The molecule has 29 heavy (non-hydrogen) atoms. The normalized spacial score (nSPS) is 19.5. The third-order valence-corrected chi connectivity index (χ3v) is 5.06. The topological polar surface area (TPSA) is 98.4 Å². The van der Waals surface area contributed by atoms with Crippen LogP contribution in [0.25, 0.3) is 0 Å². The summed E-state index contributed by atoms with van der Waals surface area (Å²) in [5.74, 6) is -0.219. The van der Waals surface area contributed by atoms with Crippen molar-refractivity contribution in [1.29, 1.82) is 0 Å². The van der Waals surface area contributed by atoms with Crippen LogP contribution in [-0.2, 0) is 6.18 Å². The minimum absolute atomic E-state index is 0.0666. The van der Waals surface area contributed by atoms with Crippen LogP contribution in [0.2, 0.25) is 0 Å². The number of hydrogen-bond acceptors (Lipinski definition) is 7. The highest BCUT2D eigenvalue weighted by Gasteiger charge is 2.35. The molecular weight excluding hydrogens is 387 g/mol. The van der Waals surface area contributed by atoms with Crippen molar-refractivity contribution in [3.63, 3.8) is 0 Å². The predicted molar refractivity (Wildman–Crippen MR) is 98.8 cm³/mol. The van der Waals surface area contributed by atoms with Crippen LogP contribution in [0.15, 0.2) is 24.8 Å². The third-order valence-electron chi connectivity index (χ3n) is 5.06. The van der Waals surface area contributed by atoms with Gasteiger partial charge in [-0.25, -0.2) is 9.67 Å². The Balaban J connectivity index is 1.50. The van der Waals surface area contributed by atoms with Gasteiger partial charge in [0, 0.05) is 25.6 Å². The second kappa shape index (κ2) is 7.33. The van der Waals surface area contributed by atoms with Crippen LogP contribution >= 0.6 is 0 Å². The lowest BCUT2D eigenvalue weighted by molar-refractivity contribution is -0.137. The number of nitrogens with zero attached hydrogens (tertiary/aromatic N) is 7. The van der Waals surface area contributed by atoms with E-state index in [1.54, 1.807) is 6.20 Å². The van der Waals surface area contributed by atoms with Gasteiger partial charge in [-0.3, -0.25) is 4.68 Å². The molecule has 1 saturated carbocycles. The summed E-state index contributed by atoms with van der Waals surface area (Å²) >= 11 is 0. The molecule has 1 fully saturated rings. The third kappa shape index (κ3) is 3.87. The van der Waals surface area contributed by atoms with Gasteiger partial charge in [0.05, 0.1) is 29.7 Å². The quantitative estimate of drug-likeness (QED) is 0.669. The van der Waals surface area contributed by atoms with E-state index in [-0.39, 0.29) is 23.8 Å². The van der Waals surface area contributed by atoms with Crippen LogP contribution in [0.3, 0.4) is 0 Å². The van der Waals surface area contributed by atoms with E-state index in [2.05, 4.69) is 36.0 Å². The van der Waals surface area contributed by atoms with E-state index in [1.807, 2.05) is 28.7 Å². The first kappa shape index (κ1) is 19.2. The summed E-state index contributed by atoms with van der Waals surface area (Å²) in [6, 6.07) is 0.486. The average Bonchev–Trinajstić information content (AvgIpc) is 3.41. The Morgan fingerprint density at radius 3 is 2.59 bits per heavy atom. The smallest absolute Gasteiger partial charge is 0.372 e. The molecule has 2 atom stereocenters. The van der Waals surface area contributed by atoms with E-state index < -0.39 is 11.7 Å². The molecule has 1 aliphatic rings. The zero-order chi connectivity index (χ0) is 20.6. The summed E-state index contributed by atoms with van der Waals surface area (Å²) in [7, 11) is 1.39. The maximum absolute atomic E-state index is 13.0. The molecule has 9 nitrogen and oxygen atoms in total. The first-order valence-corrected chi connectivity index (χ1v) is 9.15. The number of anilines is 3. The maximum atomic E-state index is 13.0. The van der Waals surface area contributed by atoms with Crippen molar-refractivity contribution in [2.75, 3.05) is 17.7 Å². The Morgan fingerprint density at radius 2 is 1.93 bits per heavy atom. The van der Waals surface area contributed by atoms with E-state index in [0.717, 1.165) is 25.5 Å². The summed E-state index contributed by atoms with van der Waals surface area (Å²) in [5.41, 5.74) is 0.447. The highest BCUT2D eigenvalue weighted by Crippen LogP contribution is 2.38. The van der Waals surface area contributed by atoms with Gasteiger partial charge in [0.15, 0.2) is 0 Å². The molecule has 2 unspecified atom stereocenters. The fraction of sp³-hybridized carbons (Fsp3) is 0.471. The van der Waals surface area contributed by atoms with Crippen molar-refractivity contribution >= 4 is 17.5 Å². The molecule has 0 aromatic carbocycles. The first-order chi connectivity index (χ1) is 13.8. The number of aromatic nitrogens is 7. The molecule has 4 rings (SSSR count). The van der Waals surface area contributed by atoms with Crippen LogP contribution in [0.1, 0.15) is 42.6 Å². The summed E-state index contributed by atoms with van der Waals surface area (Å²) in [6.45, 7) is 1.83. The van der Waals surface area contributed by atoms with Gasteiger partial charge in [0.2, 0.25) is 5.95 Å². The van der Waals surface area contributed by atoms with E-state index in [0.29, 0.717) is 11.4 Å². The molecule has 2 N–H and O–H groups in total. The average molecular weight is 407 g/mol. The molecule has 3 aromatic heterocycles. The fourth-order valence-corrected chi connectivity index (χ4v) is 3.58. The van der Waals surface area contributed by atoms with Crippen LogP contribution in [0.4, 0.5) is 30.6 Å². The second-order valence-corrected chi connectivity index (χ2v) is 6.94. The molecule has 3 heterocycles. The van der Waals surface area contributed by atoms with Gasteiger partial charge in [-0.1, -0.05) is 5.21 Å². The minimum Gasteiger partial charge on any atom is -0.372 e. The Bertz CT molecular complexity index is 981. The monoisotopic (exact) mass is 407 g/mol. The molecule has 0 amide bonds. The maximum Gasteiger partial charge on any atom is 0.421 e. The number of nitrogens with one attached hydrogen (secondary N) is 2. The van der Waals surface area contributed by atoms with Crippen molar-refractivity contribution in [3.05, 3.63) is 36.0 Å². The predicted octanol–water partition coefficient (Wildman–Crippen LogP) is 3.34. The van der Waals surface area contributed by atoms with Crippen molar-refractivity contribution in [2.45, 2.75) is 44.4 Å². The van der Waals surface area contributed by atoms with Gasteiger partial charge >= 0.3 is 6.18 Å². The molecule has 154 valence electrons. The van der Waals surface area contributed by atoms with Crippen LogP contribution in [0, 0.1) is 6.92 Å². The van der Waals surface area contributed by atoms with Crippen LogP contribution in [0.5, 0.6) is 0 Å². The lowest BCUT2D eigenvalue weighted by Gasteiger charge is -2.13. The van der Waals surface area contributed by atoms with Crippen LogP contribution < -0.4 is 10.6 Å². The number of aryl methyl sites for hydroxylation is 1. The number of rotatable bonds is 5. The summed E-state index contributed by atoms with van der Waals surface area (Å²) in [6.07, 6.45) is 4.40. The molecule has 0 aliphatic heterocycles. The Morgan fingerprint density at radius 1 is 1.17 bits per heavy atom. The van der Waals surface area contributed by atoms with Gasteiger partial charge in [-0.05, 0) is 26.2 Å². The highest BCUT2D eigenvalue weighted by atomic mass is 19.4. The lowest BCUT2D eigenvalue weighted by Crippen LogP contribution is -2.12. The summed E-state index contributed by atoms with van der Waals surface area (Å²) in [5, 5.41) is 17.9. The summed E-state index contributed by atoms with van der Waals surface area (Å²) < 4.78 is 42.8. The largest absolute Gasteiger partial charge is 0.421 e. The lowest BCUT2D eigenvalue weighted by atomic mass is 10.2. The molecule has 0 saturated heterocycles. The van der Waals surface area contributed by atoms with Gasteiger partial charge in [-0.15, -0.1) is 5.10 Å². The molecule has 12 heteroatoms. The standard InChI is InChI=1S/C17H20F3N9/c1-10-14(24-16-22-8-13(17(18,19)20)15(21-2)25-16)9-29(26-10)12-4-3-11(7-12)28-6-5-23-27-28/h5-6,8-9,11-12H,3-4,7H2,1-2H3,(H2,21,22,24,25). The zero-order valence-electron chi connectivity index (χ0n) is 15.8.